The predicted octanol–water partition coefficient (Wildman–Crippen LogP) is 2.15. The second kappa shape index (κ2) is 4.88. The van der Waals surface area contributed by atoms with E-state index in [1.807, 2.05) is 36.4 Å². The van der Waals surface area contributed by atoms with Crippen LogP contribution in [0.2, 0.25) is 0 Å². The van der Waals surface area contributed by atoms with E-state index in [0.29, 0.717) is 19.5 Å². The number of hydrogen-bond donors (Lipinski definition) is 0. The Morgan fingerprint density at radius 1 is 1.32 bits per heavy atom. The van der Waals surface area contributed by atoms with Crippen molar-refractivity contribution < 1.29 is 14.3 Å². The molecule has 0 bridgehead atoms. The first-order valence-electron chi connectivity index (χ1n) is 6.41. The van der Waals surface area contributed by atoms with Crippen LogP contribution in [0.1, 0.15) is 12.0 Å². The lowest BCUT2D eigenvalue weighted by Gasteiger charge is -2.15. The summed E-state index contributed by atoms with van der Waals surface area (Å²) in [5, 5.41) is 0. The molecule has 1 heterocycles. The first-order chi connectivity index (χ1) is 9.24. The summed E-state index contributed by atoms with van der Waals surface area (Å²) < 4.78 is 5.26. The monoisotopic (exact) mass is 257 g/mol. The highest BCUT2D eigenvalue weighted by Gasteiger charge is 2.38. The van der Waals surface area contributed by atoms with Gasteiger partial charge in [-0.3, -0.25) is 4.79 Å². The van der Waals surface area contributed by atoms with Crippen LogP contribution >= 0.6 is 0 Å². The van der Waals surface area contributed by atoms with Crippen LogP contribution in [0.4, 0.5) is 4.79 Å². The molecule has 0 spiro atoms. The Morgan fingerprint density at radius 2 is 2.11 bits per heavy atom. The van der Waals surface area contributed by atoms with Crippen molar-refractivity contribution in [3.63, 3.8) is 0 Å². The number of fused-ring (bicyclic) bond motifs is 1. The number of carbonyl (C=O) groups excluding carboxylic acids is 2. The van der Waals surface area contributed by atoms with Gasteiger partial charge in [0.05, 0.1) is 5.92 Å². The van der Waals surface area contributed by atoms with E-state index in [1.54, 1.807) is 4.90 Å². The van der Waals surface area contributed by atoms with Crippen LogP contribution in [0.25, 0.3) is 0 Å². The first-order valence-corrected chi connectivity index (χ1v) is 6.41. The fourth-order valence-corrected chi connectivity index (χ4v) is 2.57. The highest BCUT2D eigenvalue weighted by molar-refractivity contribution is 5.90. The molecule has 4 nitrogen and oxygen atoms in total. The molecule has 2 aliphatic rings. The maximum atomic E-state index is 11.9. The van der Waals surface area contributed by atoms with Gasteiger partial charge in [0.25, 0.3) is 0 Å². The quantitative estimate of drug-likeness (QED) is 0.763. The molecule has 3 rings (SSSR count). The zero-order chi connectivity index (χ0) is 13.2. The van der Waals surface area contributed by atoms with E-state index < -0.39 is 0 Å². The number of amides is 1. The fraction of sp³-hybridized carbons (Fsp3) is 0.333. The SMILES string of the molecule is O=C1CC=C2CN(C(=O)OCc3ccccc3)CC12. The summed E-state index contributed by atoms with van der Waals surface area (Å²) >= 11 is 0. The second-order valence-electron chi connectivity index (χ2n) is 4.92. The number of nitrogens with zero attached hydrogens (tertiary/aromatic N) is 1. The highest BCUT2D eigenvalue weighted by atomic mass is 16.6. The van der Waals surface area contributed by atoms with E-state index >= 15 is 0 Å². The molecule has 1 saturated heterocycles. The van der Waals surface area contributed by atoms with E-state index in [2.05, 4.69) is 0 Å². The van der Waals surface area contributed by atoms with Crippen LogP contribution in [0.15, 0.2) is 42.0 Å². The summed E-state index contributed by atoms with van der Waals surface area (Å²) in [6, 6.07) is 9.57. The van der Waals surface area contributed by atoms with Gasteiger partial charge in [0.1, 0.15) is 12.4 Å². The van der Waals surface area contributed by atoms with Crippen LogP contribution < -0.4 is 0 Å². The Balaban J connectivity index is 1.56. The van der Waals surface area contributed by atoms with Gasteiger partial charge in [0, 0.05) is 19.5 Å². The lowest BCUT2D eigenvalue weighted by molar-refractivity contribution is -0.120. The molecule has 1 amide bonds. The van der Waals surface area contributed by atoms with Gasteiger partial charge in [-0.2, -0.15) is 0 Å². The number of likely N-dealkylation sites (tertiary alicyclic amines) is 1. The maximum absolute atomic E-state index is 11.9. The maximum Gasteiger partial charge on any atom is 0.410 e. The van der Waals surface area contributed by atoms with E-state index in [0.717, 1.165) is 11.1 Å². The topological polar surface area (TPSA) is 46.6 Å². The molecule has 4 heteroatoms. The molecule has 0 radical (unpaired) electrons. The molecule has 19 heavy (non-hydrogen) atoms. The number of ketones is 1. The van der Waals surface area contributed by atoms with Gasteiger partial charge in [-0.1, -0.05) is 36.4 Å². The molecule has 1 unspecified atom stereocenters. The average Bonchev–Trinajstić information content (AvgIpc) is 3.00. The molecule has 0 N–H and O–H groups in total. The zero-order valence-electron chi connectivity index (χ0n) is 10.5. The molecular formula is C15H15NO3. The molecule has 1 aliphatic carbocycles. The van der Waals surface area contributed by atoms with Gasteiger partial charge < -0.3 is 9.64 Å². The number of hydrogen-bond acceptors (Lipinski definition) is 3. The summed E-state index contributed by atoms with van der Waals surface area (Å²) in [7, 11) is 0. The number of rotatable bonds is 2. The van der Waals surface area contributed by atoms with Crippen LogP contribution in [-0.2, 0) is 16.1 Å². The van der Waals surface area contributed by atoms with Crippen molar-refractivity contribution in [2.45, 2.75) is 13.0 Å². The van der Waals surface area contributed by atoms with Crippen molar-refractivity contribution in [2.24, 2.45) is 5.92 Å². The van der Waals surface area contributed by atoms with Gasteiger partial charge in [0.15, 0.2) is 0 Å². The Labute approximate surface area is 111 Å². The molecule has 0 saturated carbocycles. The average molecular weight is 257 g/mol. The minimum atomic E-state index is -0.341. The van der Waals surface area contributed by atoms with Crippen molar-refractivity contribution in [2.75, 3.05) is 13.1 Å². The van der Waals surface area contributed by atoms with E-state index in [9.17, 15) is 9.59 Å². The van der Waals surface area contributed by atoms with E-state index in [-0.39, 0.29) is 24.4 Å². The van der Waals surface area contributed by atoms with Crippen molar-refractivity contribution >= 4 is 11.9 Å². The third-order valence-corrected chi connectivity index (χ3v) is 3.64. The minimum Gasteiger partial charge on any atom is -0.445 e. The van der Waals surface area contributed by atoms with Crippen molar-refractivity contribution in [1.82, 2.24) is 4.90 Å². The number of benzene rings is 1. The van der Waals surface area contributed by atoms with Gasteiger partial charge in [0.2, 0.25) is 0 Å². The molecule has 1 aromatic carbocycles. The highest BCUT2D eigenvalue weighted by Crippen LogP contribution is 2.30. The number of allylic oxidation sites excluding steroid dienone is 1. The second-order valence-corrected chi connectivity index (χ2v) is 4.92. The van der Waals surface area contributed by atoms with E-state index in [1.165, 1.54) is 0 Å². The lowest BCUT2D eigenvalue weighted by Crippen LogP contribution is -2.30. The molecule has 1 fully saturated rings. The molecule has 98 valence electrons. The largest absolute Gasteiger partial charge is 0.445 e. The third-order valence-electron chi connectivity index (χ3n) is 3.64. The summed E-state index contributed by atoms with van der Waals surface area (Å²) in [5.41, 5.74) is 2.03. The Bertz CT molecular complexity index is 536. The van der Waals surface area contributed by atoms with Crippen LogP contribution in [-0.4, -0.2) is 29.9 Å². The van der Waals surface area contributed by atoms with Gasteiger partial charge in [-0.05, 0) is 11.1 Å². The summed E-state index contributed by atoms with van der Waals surface area (Å²) in [4.78, 5) is 25.1. The van der Waals surface area contributed by atoms with Crippen molar-refractivity contribution in [3.05, 3.63) is 47.5 Å². The number of carbonyl (C=O) groups is 2. The van der Waals surface area contributed by atoms with Crippen molar-refractivity contribution in [1.29, 1.82) is 0 Å². The van der Waals surface area contributed by atoms with Gasteiger partial charge >= 0.3 is 6.09 Å². The fourth-order valence-electron chi connectivity index (χ4n) is 2.57. The smallest absolute Gasteiger partial charge is 0.410 e. The normalized spacial score (nSPS) is 21.3. The Kier molecular flexibility index (Phi) is 3.07. The predicted molar refractivity (Wildman–Crippen MR) is 69.4 cm³/mol. The Morgan fingerprint density at radius 3 is 2.84 bits per heavy atom. The first kappa shape index (κ1) is 12.0. The summed E-state index contributed by atoms with van der Waals surface area (Å²) in [6.07, 6.45) is 2.12. The summed E-state index contributed by atoms with van der Waals surface area (Å²) in [6.45, 7) is 1.27. The summed E-state index contributed by atoms with van der Waals surface area (Å²) in [5.74, 6) is 0.137. The molecular weight excluding hydrogens is 242 g/mol. The molecule has 0 aromatic heterocycles. The van der Waals surface area contributed by atoms with E-state index in [4.69, 9.17) is 4.74 Å². The zero-order valence-corrected chi connectivity index (χ0v) is 10.5. The molecule has 1 atom stereocenters. The standard InChI is InChI=1S/C15H15NO3/c17-14-7-6-12-8-16(9-13(12)14)15(18)19-10-11-4-2-1-3-5-11/h1-6,13H,7-10H2. The number of ether oxygens (including phenoxy) is 1. The molecule has 1 aromatic rings. The van der Waals surface area contributed by atoms with Gasteiger partial charge in [-0.15, -0.1) is 0 Å². The Hall–Kier alpha value is -2.10. The van der Waals surface area contributed by atoms with Crippen molar-refractivity contribution in [3.8, 4) is 0 Å². The van der Waals surface area contributed by atoms with Crippen LogP contribution in [0.5, 0.6) is 0 Å². The van der Waals surface area contributed by atoms with Crippen LogP contribution in [0.3, 0.4) is 0 Å². The minimum absolute atomic E-state index is 0.0794. The molecule has 1 aliphatic heterocycles. The van der Waals surface area contributed by atoms with Crippen LogP contribution in [0, 0.1) is 5.92 Å². The lowest BCUT2D eigenvalue weighted by atomic mass is 10.1. The number of Topliss-reactive ketones (excluding diaryl/α,β-unsaturated/α-hetero) is 1. The van der Waals surface area contributed by atoms with Gasteiger partial charge in [-0.25, -0.2) is 4.79 Å². The third kappa shape index (κ3) is 2.38.